The molecule has 1 fully saturated rings. The molecular formula is C18H29N5. The molecule has 0 unspecified atom stereocenters. The molecule has 0 amide bonds. The molecule has 0 saturated carbocycles. The molecule has 2 aromatic rings. The van der Waals surface area contributed by atoms with Gasteiger partial charge in [0.2, 0.25) is 0 Å². The van der Waals surface area contributed by atoms with Crippen LogP contribution in [-0.4, -0.2) is 51.3 Å². The number of rotatable bonds is 5. The number of hydrogen-bond donors (Lipinski definition) is 0. The van der Waals surface area contributed by atoms with Crippen LogP contribution in [0.1, 0.15) is 30.0 Å². The van der Waals surface area contributed by atoms with E-state index < -0.39 is 0 Å². The van der Waals surface area contributed by atoms with Crippen molar-refractivity contribution in [2.45, 2.75) is 25.4 Å². The van der Waals surface area contributed by atoms with Crippen molar-refractivity contribution in [3.05, 3.63) is 42.0 Å². The Labute approximate surface area is 139 Å². The lowest BCUT2D eigenvalue weighted by Crippen LogP contribution is -2.40. The van der Waals surface area contributed by atoms with Crippen molar-refractivity contribution < 1.29 is 0 Å². The fourth-order valence-corrected chi connectivity index (χ4v) is 4.00. The fourth-order valence-electron chi connectivity index (χ4n) is 4.00. The number of piperidine rings is 1. The highest BCUT2D eigenvalue weighted by Gasteiger charge is 2.32. The minimum atomic E-state index is 0.482. The summed E-state index contributed by atoms with van der Waals surface area (Å²) >= 11 is 0. The second kappa shape index (κ2) is 6.89. The average molecular weight is 315 g/mol. The van der Waals surface area contributed by atoms with Crippen LogP contribution in [0, 0.1) is 5.92 Å². The van der Waals surface area contributed by atoms with Gasteiger partial charge in [0.25, 0.3) is 0 Å². The average Bonchev–Trinajstić information content (AvgIpc) is 3.08. The summed E-state index contributed by atoms with van der Waals surface area (Å²) in [5.74, 6) is 0.659. The number of likely N-dealkylation sites (tertiary alicyclic amines) is 1. The van der Waals surface area contributed by atoms with E-state index in [1.54, 1.807) is 0 Å². The Morgan fingerprint density at radius 2 is 2.09 bits per heavy atom. The second-order valence-corrected chi connectivity index (χ2v) is 7.16. The van der Waals surface area contributed by atoms with Crippen molar-refractivity contribution in [3.8, 4) is 0 Å². The van der Waals surface area contributed by atoms with Crippen LogP contribution in [0.15, 0.2) is 30.9 Å². The molecule has 5 heteroatoms. The molecule has 3 rings (SSSR count). The topological polar surface area (TPSA) is 29.2 Å². The Morgan fingerprint density at radius 3 is 2.74 bits per heavy atom. The predicted octanol–water partition coefficient (Wildman–Crippen LogP) is 2.27. The van der Waals surface area contributed by atoms with E-state index in [1.807, 2.05) is 17.9 Å². The van der Waals surface area contributed by atoms with Gasteiger partial charge in [-0.2, -0.15) is 5.10 Å². The molecule has 0 radical (unpaired) electrons. The van der Waals surface area contributed by atoms with Gasteiger partial charge in [0.15, 0.2) is 0 Å². The van der Waals surface area contributed by atoms with Crippen LogP contribution in [0.4, 0.5) is 0 Å². The third-order valence-corrected chi connectivity index (χ3v) is 4.97. The summed E-state index contributed by atoms with van der Waals surface area (Å²) in [5, 5.41) is 4.38. The van der Waals surface area contributed by atoms with Crippen LogP contribution in [0.5, 0.6) is 0 Å². The lowest BCUT2D eigenvalue weighted by molar-refractivity contribution is 0.0926. The molecule has 0 spiro atoms. The number of hydrogen-bond acceptors (Lipinski definition) is 3. The van der Waals surface area contributed by atoms with Crippen molar-refractivity contribution >= 4 is 0 Å². The third kappa shape index (κ3) is 3.85. The first kappa shape index (κ1) is 16.3. The molecule has 0 N–H and O–H groups in total. The molecule has 5 nitrogen and oxygen atoms in total. The maximum Gasteiger partial charge on any atom is 0.0537 e. The summed E-state index contributed by atoms with van der Waals surface area (Å²) in [5.41, 5.74) is 2.74. The highest BCUT2D eigenvalue weighted by atomic mass is 15.3. The quantitative estimate of drug-likeness (QED) is 0.848. The van der Waals surface area contributed by atoms with Crippen molar-refractivity contribution in [2.75, 3.05) is 27.2 Å². The maximum atomic E-state index is 4.38. The van der Waals surface area contributed by atoms with Crippen LogP contribution >= 0.6 is 0 Å². The van der Waals surface area contributed by atoms with E-state index >= 15 is 0 Å². The Kier molecular flexibility index (Phi) is 4.87. The van der Waals surface area contributed by atoms with Crippen molar-refractivity contribution in [1.82, 2.24) is 24.1 Å². The van der Waals surface area contributed by atoms with Gasteiger partial charge >= 0.3 is 0 Å². The molecule has 0 aliphatic carbocycles. The Bertz CT molecular complexity index is 629. The van der Waals surface area contributed by atoms with E-state index in [0.717, 1.165) is 13.1 Å². The van der Waals surface area contributed by atoms with Crippen LogP contribution in [0.25, 0.3) is 0 Å². The normalized spacial score (nSPS) is 22.8. The first-order valence-corrected chi connectivity index (χ1v) is 8.51. The van der Waals surface area contributed by atoms with Gasteiger partial charge in [-0.15, -0.1) is 0 Å². The first-order valence-electron chi connectivity index (χ1n) is 8.51. The molecule has 1 aliphatic rings. The summed E-state index contributed by atoms with van der Waals surface area (Å²) in [6.07, 6.45) is 11.1. The van der Waals surface area contributed by atoms with E-state index in [9.17, 15) is 0 Å². The molecular weight excluding hydrogens is 286 g/mol. The van der Waals surface area contributed by atoms with Gasteiger partial charge in [-0.1, -0.05) is 0 Å². The summed E-state index contributed by atoms with van der Waals surface area (Å²) in [4.78, 5) is 4.96. The van der Waals surface area contributed by atoms with E-state index in [2.05, 4.69) is 65.3 Å². The largest absolute Gasteiger partial charge is 0.357 e. The smallest absolute Gasteiger partial charge is 0.0537 e. The zero-order chi connectivity index (χ0) is 16.4. The summed E-state index contributed by atoms with van der Waals surface area (Å²) in [6, 6.07) is 2.69. The SMILES string of the molecule is CN(Cc1ccn(C)c1)C[C@@H]1CCCN(C)[C@H]1c1cnn(C)c1. The molecule has 126 valence electrons. The Hall–Kier alpha value is -1.59. The monoisotopic (exact) mass is 315 g/mol. The summed E-state index contributed by atoms with van der Waals surface area (Å²) in [7, 11) is 8.57. The lowest BCUT2D eigenvalue weighted by atomic mass is 9.85. The molecule has 2 aromatic heterocycles. The number of nitrogens with zero attached hydrogens (tertiary/aromatic N) is 5. The minimum Gasteiger partial charge on any atom is -0.357 e. The van der Waals surface area contributed by atoms with Gasteiger partial charge in [-0.05, 0) is 51.0 Å². The number of aryl methyl sites for hydroxylation is 2. The second-order valence-electron chi connectivity index (χ2n) is 7.16. The minimum absolute atomic E-state index is 0.482. The van der Waals surface area contributed by atoms with E-state index in [0.29, 0.717) is 12.0 Å². The van der Waals surface area contributed by atoms with E-state index in [-0.39, 0.29) is 0 Å². The summed E-state index contributed by atoms with van der Waals surface area (Å²) < 4.78 is 4.04. The van der Waals surface area contributed by atoms with Gasteiger partial charge in [-0.3, -0.25) is 9.58 Å². The van der Waals surface area contributed by atoms with E-state index in [1.165, 1.54) is 30.5 Å². The molecule has 0 bridgehead atoms. The molecule has 0 aromatic carbocycles. The van der Waals surface area contributed by atoms with Crippen LogP contribution < -0.4 is 0 Å². The lowest BCUT2D eigenvalue weighted by Gasteiger charge is -2.40. The van der Waals surface area contributed by atoms with Crippen LogP contribution in [-0.2, 0) is 20.6 Å². The number of aromatic nitrogens is 3. The molecule has 1 saturated heterocycles. The third-order valence-electron chi connectivity index (χ3n) is 4.97. The van der Waals surface area contributed by atoms with Gasteiger partial charge in [0.1, 0.15) is 0 Å². The standard InChI is InChI=1S/C18H29N5/c1-20-9-7-15(11-20)12-21(2)13-16-6-5-8-22(3)18(16)17-10-19-23(4)14-17/h7,9-11,14,16,18H,5-6,8,12-13H2,1-4H3/t16-,18+/m0/s1. The maximum absolute atomic E-state index is 4.38. The highest BCUT2D eigenvalue weighted by molar-refractivity contribution is 5.14. The van der Waals surface area contributed by atoms with Gasteiger partial charge < -0.3 is 9.47 Å². The van der Waals surface area contributed by atoms with E-state index in [4.69, 9.17) is 0 Å². The molecule has 3 heterocycles. The zero-order valence-corrected chi connectivity index (χ0v) is 14.8. The van der Waals surface area contributed by atoms with Crippen molar-refractivity contribution in [3.63, 3.8) is 0 Å². The molecule has 1 aliphatic heterocycles. The van der Waals surface area contributed by atoms with Crippen LogP contribution in [0.3, 0.4) is 0 Å². The van der Waals surface area contributed by atoms with Crippen molar-refractivity contribution in [1.29, 1.82) is 0 Å². The van der Waals surface area contributed by atoms with Gasteiger partial charge in [0, 0.05) is 57.4 Å². The van der Waals surface area contributed by atoms with Crippen LogP contribution in [0.2, 0.25) is 0 Å². The molecule has 2 atom stereocenters. The first-order chi connectivity index (χ1) is 11.0. The van der Waals surface area contributed by atoms with Gasteiger partial charge in [0.05, 0.1) is 6.20 Å². The zero-order valence-electron chi connectivity index (χ0n) is 14.8. The molecule has 23 heavy (non-hydrogen) atoms. The highest BCUT2D eigenvalue weighted by Crippen LogP contribution is 2.35. The van der Waals surface area contributed by atoms with Crippen molar-refractivity contribution in [2.24, 2.45) is 20.0 Å². The Morgan fingerprint density at radius 1 is 1.26 bits per heavy atom. The fraction of sp³-hybridized carbons (Fsp3) is 0.611. The van der Waals surface area contributed by atoms with Gasteiger partial charge in [-0.25, -0.2) is 0 Å². The predicted molar refractivity (Wildman–Crippen MR) is 93.1 cm³/mol. The Balaban J connectivity index is 1.68. The summed E-state index contributed by atoms with van der Waals surface area (Å²) in [6.45, 7) is 3.32.